The van der Waals surface area contributed by atoms with Crippen LogP contribution >= 0.6 is 0 Å². The Morgan fingerprint density at radius 1 is 1.29 bits per heavy atom. The first-order valence-corrected chi connectivity index (χ1v) is 5.79. The van der Waals surface area contributed by atoms with Gasteiger partial charge in [0.2, 0.25) is 0 Å². The molecule has 0 bridgehead atoms. The van der Waals surface area contributed by atoms with E-state index in [4.69, 9.17) is 4.74 Å². The van der Waals surface area contributed by atoms with Gasteiger partial charge in [0.1, 0.15) is 5.75 Å². The van der Waals surface area contributed by atoms with Crippen molar-refractivity contribution < 1.29 is 14.9 Å². The fourth-order valence-electron chi connectivity index (χ4n) is 1.58. The van der Waals surface area contributed by atoms with Crippen molar-refractivity contribution in [3.05, 3.63) is 29.8 Å². The van der Waals surface area contributed by atoms with Crippen molar-refractivity contribution >= 4 is 0 Å². The summed E-state index contributed by atoms with van der Waals surface area (Å²) in [5, 5.41) is 21.8. The number of aliphatic hydroxyl groups is 2. The van der Waals surface area contributed by atoms with Crippen LogP contribution in [0.3, 0.4) is 0 Å². The van der Waals surface area contributed by atoms with Crippen LogP contribution in [0.1, 0.15) is 18.9 Å². The third-order valence-corrected chi connectivity index (χ3v) is 3.08. The molecule has 1 aromatic carbocycles. The van der Waals surface area contributed by atoms with Crippen molar-refractivity contribution in [1.82, 2.24) is 5.32 Å². The lowest BCUT2D eigenvalue weighted by Gasteiger charge is -2.30. The summed E-state index contributed by atoms with van der Waals surface area (Å²) in [5.41, 5.74) is 0.451. The second kappa shape index (κ2) is 6.59. The van der Waals surface area contributed by atoms with E-state index in [1.54, 1.807) is 7.11 Å². The minimum Gasteiger partial charge on any atom is -0.497 e. The first-order chi connectivity index (χ1) is 8.19. The number of ether oxygens (including phenoxy) is 1. The minimum absolute atomic E-state index is 0.0794. The van der Waals surface area contributed by atoms with Gasteiger partial charge in [0, 0.05) is 6.54 Å². The van der Waals surface area contributed by atoms with Crippen LogP contribution in [0, 0.1) is 0 Å². The van der Waals surface area contributed by atoms with Crippen LogP contribution < -0.4 is 10.1 Å². The Kier molecular flexibility index (Phi) is 5.41. The molecular formula is C13H21NO3. The third kappa shape index (κ3) is 3.70. The van der Waals surface area contributed by atoms with Crippen molar-refractivity contribution in [2.24, 2.45) is 0 Å². The second-order valence-electron chi connectivity index (χ2n) is 4.16. The van der Waals surface area contributed by atoms with Crippen LogP contribution in [-0.4, -0.2) is 36.1 Å². The fourth-order valence-corrected chi connectivity index (χ4v) is 1.58. The minimum atomic E-state index is -0.608. The van der Waals surface area contributed by atoms with Crippen LogP contribution in [0.2, 0.25) is 0 Å². The van der Waals surface area contributed by atoms with Gasteiger partial charge in [-0.05, 0) is 24.1 Å². The second-order valence-corrected chi connectivity index (χ2v) is 4.16. The highest BCUT2D eigenvalue weighted by Crippen LogP contribution is 2.14. The normalized spacial score (nSPS) is 11.5. The first-order valence-electron chi connectivity index (χ1n) is 5.79. The largest absolute Gasteiger partial charge is 0.497 e. The number of methoxy groups -OCH3 is 1. The summed E-state index contributed by atoms with van der Waals surface area (Å²) in [6, 6.07) is 7.71. The Hall–Kier alpha value is -1.10. The van der Waals surface area contributed by atoms with E-state index in [1.165, 1.54) is 0 Å². The Bertz CT molecular complexity index is 329. The van der Waals surface area contributed by atoms with Gasteiger partial charge in [-0.25, -0.2) is 0 Å². The number of nitrogens with one attached hydrogen (secondary N) is 1. The van der Waals surface area contributed by atoms with E-state index in [2.05, 4.69) is 5.32 Å². The summed E-state index contributed by atoms with van der Waals surface area (Å²) in [7, 11) is 1.63. The highest BCUT2D eigenvalue weighted by atomic mass is 16.5. The molecule has 0 aliphatic heterocycles. The van der Waals surface area contributed by atoms with Gasteiger partial charge in [-0.15, -0.1) is 0 Å². The molecule has 0 saturated carbocycles. The SMILES string of the molecule is CCC(CO)(CO)NCc1cccc(OC)c1. The van der Waals surface area contributed by atoms with Gasteiger partial charge < -0.3 is 20.3 Å². The molecule has 0 aromatic heterocycles. The maximum Gasteiger partial charge on any atom is 0.119 e. The molecule has 0 radical (unpaired) electrons. The standard InChI is InChI=1S/C13H21NO3/c1-3-13(9-15,10-16)14-8-11-5-4-6-12(7-11)17-2/h4-7,14-16H,3,8-10H2,1-2H3. The smallest absolute Gasteiger partial charge is 0.119 e. The maximum absolute atomic E-state index is 9.31. The van der Waals surface area contributed by atoms with Gasteiger partial charge in [-0.2, -0.15) is 0 Å². The summed E-state index contributed by atoms with van der Waals surface area (Å²) in [6.45, 7) is 2.37. The summed E-state index contributed by atoms with van der Waals surface area (Å²) in [5.74, 6) is 0.805. The van der Waals surface area contributed by atoms with Crippen LogP contribution in [0.4, 0.5) is 0 Å². The zero-order valence-corrected chi connectivity index (χ0v) is 10.4. The molecule has 3 N–H and O–H groups in total. The van der Waals surface area contributed by atoms with Crippen LogP contribution in [0.25, 0.3) is 0 Å². The van der Waals surface area contributed by atoms with Crippen LogP contribution in [0.5, 0.6) is 5.75 Å². The molecule has 0 atom stereocenters. The van der Waals surface area contributed by atoms with Crippen LogP contribution in [-0.2, 0) is 6.54 Å². The Balaban J connectivity index is 2.65. The van der Waals surface area contributed by atoms with Crippen molar-refractivity contribution in [3.8, 4) is 5.75 Å². The van der Waals surface area contributed by atoms with Gasteiger partial charge in [0.25, 0.3) is 0 Å². The molecule has 17 heavy (non-hydrogen) atoms. The summed E-state index contributed by atoms with van der Waals surface area (Å²) >= 11 is 0. The van der Waals surface area contributed by atoms with E-state index in [-0.39, 0.29) is 13.2 Å². The van der Waals surface area contributed by atoms with E-state index in [9.17, 15) is 10.2 Å². The molecule has 0 fully saturated rings. The topological polar surface area (TPSA) is 61.7 Å². The molecular weight excluding hydrogens is 218 g/mol. The summed E-state index contributed by atoms with van der Waals surface area (Å²) < 4.78 is 5.14. The van der Waals surface area contributed by atoms with E-state index in [1.807, 2.05) is 31.2 Å². The summed E-state index contributed by atoms with van der Waals surface area (Å²) in [4.78, 5) is 0. The third-order valence-electron chi connectivity index (χ3n) is 3.08. The lowest BCUT2D eigenvalue weighted by molar-refractivity contribution is 0.0864. The Labute approximate surface area is 102 Å². The molecule has 1 rings (SSSR count). The number of hydrogen-bond donors (Lipinski definition) is 3. The highest BCUT2D eigenvalue weighted by Gasteiger charge is 2.25. The zero-order valence-electron chi connectivity index (χ0n) is 10.4. The molecule has 0 spiro atoms. The number of benzene rings is 1. The predicted molar refractivity (Wildman–Crippen MR) is 67.0 cm³/mol. The average Bonchev–Trinajstić information content (AvgIpc) is 2.41. The Morgan fingerprint density at radius 2 is 2.00 bits per heavy atom. The molecule has 0 aliphatic rings. The molecule has 0 amide bonds. The lowest BCUT2D eigenvalue weighted by atomic mass is 9.98. The lowest BCUT2D eigenvalue weighted by Crippen LogP contribution is -2.50. The molecule has 0 saturated heterocycles. The summed E-state index contributed by atoms with van der Waals surface area (Å²) in [6.07, 6.45) is 0.671. The molecule has 0 heterocycles. The number of hydrogen-bond acceptors (Lipinski definition) is 4. The van der Waals surface area contributed by atoms with Crippen molar-refractivity contribution in [3.63, 3.8) is 0 Å². The number of aliphatic hydroxyl groups excluding tert-OH is 2. The molecule has 0 aliphatic carbocycles. The van der Waals surface area contributed by atoms with Gasteiger partial charge in [0.15, 0.2) is 0 Å². The van der Waals surface area contributed by atoms with Crippen molar-refractivity contribution in [2.75, 3.05) is 20.3 Å². The quantitative estimate of drug-likeness (QED) is 0.662. The fraction of sp³-hybridized carbons (Fsp3) is 0.538. The van der Waals surface area contributed by atoms with Gasteiger partial charge >= 0.3 is 0 Å². The molecule has 1 aromatic rings. The van der Waals surface area contributed by atoms with Gasteiger partial charge in [-0.3, -0.25) is 0 Å². The Morgan fingerprint density at radius 3 is 2.53 bits per heavy atom. The highest BCUT2D eigenvalue weighted by molar-refractivity contribution is 5.28. The predicted octanol–water partition coefficient (Wildman–Crippen LogP) is 0.918. The van der Waals surface area contributed by atoms with Crippen molar-refractivity contribution in [2.45, 2.75) is 25.4 Å². The van der Waals surface area contributed by atoms with Crippen LogP contribution in [0.15, 0.2) is 24.3 Å². The molecule has 0 unspecified atom stereocenters. The zero-order chi connectivity index (χ0) is 12.7. The molecule has 4 nitrogen and oxygen atoms in total. The average molecular weight is 239 g/mol. The van der Waals surface area contributed by atoms with E-state index in [0.717, 1.165) is 11.3 Å². The van der Waals surface area contributed by atoms with E-state index >= 15 is 0 Å². The van der Waals surface area contributed by atoms with E-state index in [0.29, 0.717) is 13.0 Å². The van der Waals surface area contributed by atoms with Gasteiger partial charge in [0.05, 0.1) is 25.9 Å². The van der Waals surface area contributed by atoms with E-state index < -0.39 is 5.54 Å². The first kappa shape index (κ1) is 14.0. The molecule has 96 valence electrons. The van der Waals surface area contributed by atoms with Gasteiger partial charge in [-0.1, -0.05) is 19.1 Å². The van der Waals surface area contributed by atoms with Crippen molar-refractivity contribution in [1.29, 1.82) is 0 Å². The monoisotopic (exact) mass is 239 g/mol. The maximum atomic E-state index is 9.31. The molecule has 4 heteroatoms. The number of rotatable bonds is 7.